The van der Waals surface area contributed by atoms with Gasteiger partial charge >= 0.3 is 0 Å². The second kappa shape index (κ2) is 7.03. The number of ether oxygens (including phenoxy) is 1. The maximum Gasteiger partial charge on any atom is 0.237 e. The van der Waals surface area contributed by atoms with E-state index in [0.717, 1.165) is 23.8 Å². The van der Waals surface area contributed by atoms with E-state index in [2.05, 4.69) is 20.1 Å². The van der Waals surface area contributed by atoms with Gasteiger partial charge in [0.15, 0.2) is 5.16 Å². The number of thioether (sulfide) groups is 1. The number of benzene rings is 1. The summed E-state index contributed by atoms with van der Waals surface area (Å²) in [6.07, 6.45) is 2.30. The predicted octanol–water partition coefficient (Wildman–Crippen LogP) is 3.70. The van der Waals surface area contributed by atoms with Crippen LogP contribution in [-0.2, 0) is 4.79 Å². The SMILES string of the molecule is COc1ccc(NC(=O)[C@H](C)Sc2nnc(C)n2C2CC2)cc1Cl. The van der Waals surface area contributed by atoms with Gasteiger partial charge in [0.25, 0.3) is 0 Å². The molecule has 0 saturated heterocycles. The summed E-state index contributed by atoms with van der Waals surface area (Å²) in [5, 5.41) is 12.2. The van der Waals surface area contributed by atoms with E-state index in [1.165, 1.54) is 11.8 Å². The van der Waals surface area contributed by atoms with Crippen LogP contribution in [0.5, 0.6) is 5.75 Å². The zero-order valence-corrected chi connectivity index (χ0v) is 15.3. The summed E-state index contributed by atoms with van der Waals surface area (Å²) in [4.78, 5) is 12.4. The van der Waals surface area contributed by atoms with Crippen molar-refractivity contribution >= 4 is 35.0 Å². The summed E-state index contributed by atoms with van der Waals surface area (Å²) in [5.74, 6) is 1.36. The number of aromatic nitrogens is 3. The zero-order chi connectivity index (χ0) is 17.3. The number of amides is 1. The van der Waals surface area contributed by atoms with E-state index in [1.54, 1.807) is 25.3 Å². The van der Waals surface area contributed by atoms with Crippen molar-refractivity contribution in [3.05, 3.63) is 29.0 Å². The largest absolute Gasteiger partial charge is 0.495 e. The van der Waals surface area contributed by atoms with E-state index in [4.69, 9.17) is 16.3 Å². The van der Waals surface area contributed by atoms with Gasteiger partial charge in [-0.25, -0.2) is 0 Å². The number of aryl methyl sites for hydroxylation is 1. The molecule has 1 aliphatic rings. The predicted molar refractivity (Wildman–Crippen MR) is 95.0 cm³/mol. The molecule has 0 spiro atoms. The maximum absolute atomic E-state index is 12.4. The first kappa shape index (κ1) is 17.1. The van der Waals surface area contributed by atoms with E-state index >= 15 is 0 Å². The van der Waals surface area contributed by atoms with Crippen LogP contribution in [0.4, 0.5) is 5.69 Å². The van der Waals surface area contributed by atoms with E-state index < -0.39 is 0 Å². The molecule has 1 fully saturated rings. The molecule has 1 saturated carbocycles. The second-order valence-corrected chi connectivity index (χ2v) is 7.44. The van der Waals surface area contributed by atoms with Crippen LogP contribution in [-0.4, -0.2) is 33.0 Å². The van der Waals surface area contributed by atoms with Crippen molar-refractivity contribution in [2.24, 2.45) is 0 Å². The first-order valence-corrected chi connectivity index (χ1v) is 8.98. The summed E-state index contributed by atoms with van der Waals surface area (Å²) >= 11 is 7.50. The van der Waals surface area contributed by atoms with Crippen molar-refractivity contribution < 1.29 is 9.53 Å². The quantitative estimate of drug-likeness (QED) is 0.789. The minimum atomic E-state index is -0.299. The molecule has 128 valence electrons. The van der Waals surface area contributed by atoms with Crippen molar-refractivity contribution in [2.75, 3.05) is 12.4 Å². The molecule has 8 heteroatoms. The molecule has 2 aromatic rings. The van der Waals surface area contributed by atoms with E-state index in [0.29, 0.717) is 22.5 Å². The number of nitrogens with one attached hydrogen (secondary N) is 1. The minimum Gasteiger partial charge on any atom is -0.495 e. The molecular weight excluding hydrogens is 348 g/mol. The van der Waals surface area contributed by atoms with Gasteiger partial charge in [-0.05, 0) is 44.9 Å². The highest BCUT2D eigenvalue weighted by molar-refractivity contribution is 8.00. The summed E-state index contributed by atoms with van der Waals surface area (Å²) in [5.41, 5.74) is 0.637. The van der Waals surface area contributed by atoms with Gasteiger partial charge in [-0.3, -0.25) is 4.79 Å². The van der Waals surface area contributed by atoms with Gasteiger partial charge in [0, 0.05) is 11.7 Å². The first-order chi connectivity index (χ1) is 11.5. The third-order valence-electron chi connectivity index (χ3n) is 3.82. The molecule has 0 aliphatic heterocycles. The average Bonchev–Trinajstić information content (AvgIpc) is 3.31. The highest BCUT2D eigenvalue weighted by Gasteiger charge is 2.29. The Balaban J connectivity index is 1.66. The zero-order valence-electron chi connectivity index (χ0n) is 13.7. The lowest BCUT2D eigenvalue weighted by Gasteiger charge is -2.13. The number of rotatable bonds is 6. The van der Waals surface area contributed by atoms with Gasteiger partial charge in [-0.15, -0.1) is 10.2 Å². The Bertz CT molecular complexity index is 761. The van der Waals surface area contributed by atoms with Crippen molar-refractivity contribution in [3.63, 3.8) is 0 Å². The number of hydrogen-bond acceptors (Lipinski definition) is 5. The summed E-state index contributed by atoms with van der Waals surface area (Å²) in [6, 6.07) is 5.64. The van der Waals surface area contributed by atoms with E-state index in [-0.39, 0.29) is 11.2 Å². The highest BCUT2D eigenvalue weighted by atomic mass is 35.5. The van der Waals surface area contributed by atoms with Crippen LogP contribution in [0.15, 0.2) is 23.4 Å². The van der Waals surface area contributed by atoms with Gasteiger partial charge in [0.05, 0.1) is 17.4 Å². The second-order valence-electron chi connectivity index (χ2n) is 5.73. The summed E-state index contributed by atoms with van der Waals surface area (Å²) in [6.45, 7) is 3.80. The van der Waals surface area contributed by atoms with Gasteiger partial charge in [-0.2, -0.15) is 0 Å². The van der Waals surface area contributed by atoms with Crippen LogP contribution in [0.25, 0.3) is 0 Å². The number of halogens is 1. The Hall–Kier alpha value is -1.73. The van der Waals surface area contributed by atoms with Crippen LogP contribution in [0.3, 0.4) is 0 Å². The lowest BCUT2D eigenvalue weighted by molar-refractivity contribution is -0.115. The Morgan fingerprint density at radius 1 is 1.46 bits per heavy atom. The molecule has 0 unspecified atom stereocenters. The number of carbonyl (C=O) groups is 1. The number of carbonyl (C=O) groups excluding carboxylic acids is 1. The first-order valence-electron chi connectivity index (χ1n) is 7.72. The standard InChI is InChI=1S/C16H19ClN4O2S/c1-9(24-16-20-19-10(2)21(16)12-5-6-12)15(22)18-11-4-7-14(23-3)13(17)8-11/h4,7-9,12H,5-6H2,1-3H3,(H,18,22)/t9-/m0/s1. The molecule has 3 rings (SSSR count). The number of nitrogens with zero attached hydrogens (tertiary/aromatic N) is 3. The maximum atomic E-state index is 12.4. The lowest BCUT2D eigenvalue weighted by atomic mass is 10.3. The van der Waals surface area contributed by atoms with Crippen LogP contribution in [0.2, 0.25) is 5.02 Å². The molecule has 1 amide bonds. The summed E-state index contributed by atoms with van der Waals surface area (Å²) < 4.78 is 7.23. The Morgan fingerprint density at radius 3 is 2.83 bits per heavy atom. The molecular formula is C16H19ClN4O2S. The molecule has 6 nitrogen and oxygen atoms in total. The normalized spacial score (nSPS) is 15.2. The van der Waals surface area contributed by atoms with Crippen LogP contribution in [0.1, 0.15) is 31.6 Å². The lowest BCUT2D eigenvalue weighted by Crippen LogP contribution is -2.23. The van der Waals surface area contributed by atoms with Gasteiger partial charge in [-0.1, -0.05) is 23.4 Å². The Kier molecular flexibility index (Phi) is 5.01. The van der Waals surface area contributed by atoms with Gasteiger partial charge in [0.1, 0.15) is 11.6 Å². The van der Waals surface area contributed by atoms with E-state index in [9.17, 15) is 4.79 Å². The van der Waals surface area contributed by atoms with Crippen molar-refractivity contribution in [1.29, 1.82) is 0 Å². The number of hydrogen-bond donors (Lipinski definition) is 1. The monoisotopic (exact) mass is 366 g/mol. The number of anilines is 1. The molecule has 1 aromatic carbocycles. The van der Waals surface area contributed by atoms with Crippen LogP contribution in [0, 0.1) is 6.92 Å². The van der Waals surface area contributed by atoms with Crippen LogP contribution >= 0.6 is 23.4 Å². The fourth-order valence-electron chi connectivity index (χ4n) is 2.38. The smallest absolute Gasteiger partial charge is 0.237 e. The molecule has 1 heterocycles. The average molecular weight is 367 g/mol. The molecule has 1 aliphatic carbocycles. The van der Waals surface area contributed by atoms with Crippen molar-refractivity contribution in [1.82, 2.24) is 14.8 Å². The van der Waals surface area contributed by atoms with Gasteiger partial charge in [0.2, 0.25) is 5.91 Å². The summed E-state index contributed by atoms with van der Waals surface area (Å²) in [7, 11) is 1.55. The topological polar surface area (TPSA) is 69.0 Å². The van der Waals surface area contributed by atoms with Crippen molar-refractivity contribution in [2.45, 2.75) is 43.1 Å². The minimum absolute atomic E-state index is 0.107. The van der Waals surface area contributed by atoms with E-state index in [1.807, 2.05) is 13.8 Å². The highest BCUT2D eigenvalue weighted by Crippen LogP contribution is 2.39. The van der Waals surface area contributed by atoms with Gasteiger partial charge < -0.3 is 14.6 Å². The van der Waals surface area contributed by atoms with Crippen molar-refractivity contribution in [3.8, 4) is 5.75 Å². The number of methoxy groups -OCH3 is 1. The Labute approximate surface area is 149 Å². The fourth-order valence-corrected chi connectivity index (χ4v) is 3.61. The molecule has 1 N–H and O–H groups in total. The molecule has 0 radical (unpaired) electrons. The molecule has 0 bridgehead atoms. The molecule has 24 heavy (non-hydrogen) atoms. The molecule has 1 atom stereocenters. The Morgan fingerprint density at radius 2 is 2.21 bits per heavy atom. The third kappa shape index (κ3) is 3.67. The fraction of sp³-hybridized carbons (Fsp3) is 0.438. The third-order valence-corrected chi connectivity index (χ3v) is 5.17. The molecule has 1 aromatic heterocycles. The van der Waals surface area contributed by atoms with Crippen LogP contribution < -0.4 is 10.1 Å².